The Balaban J connectivity index is 2.26. The van der Waals surface area contributed by atoms with Crippen LogP contribution in [-0.4, -0.2) is 36.4 Å². The van der Waals surface area contributed by atoms with E-state index < -0.39 is 5.97 Å². The maximum absolute atomic E-state index is 10.4. The normalized spacial score (nSPS) is 29.2. The number of aliphatic carboxylic acids is 1. The quantitative estimate of drug-likeness (QED) is 0.674. The Kier molecular flexibility index (Phi) is 3.69. The molecule has 0 radical (unpaired) electrons. The van der Waals surface area contributed by atoms with Crippen LogP contribution in [0.5, 0.6) is 0 Å². The van der Waals surface area contributed by atoms with Gasteiger partial charge in [-0.1, -0.05) is 13.8 Å². The van der Waals surface area contributed by atoms with Crippen LogP contribution in [-0.2, 0) is 9.53 Å². The molecule has 0 bridgehead atoms. The Labute approximate surface area is 78.3 Å². The molecule has 0 aromatic heterocycles. The van der Waals surface area contributed by atoms with Gasteiger partial charge in [-0.25, -0.2) is 0 Å². The van der Waals surface area contributed by atoms with Crippen LogP contribution in [0.3, 0.4) is 0 Å². The van der Waals surface area contributed by atoms with E-state index in [0.29, 0.717) is 25.1 Å². The summed E-state index contributed by atoms with van der Waals surface area (Å²) in [4.78, 5) is 10.4. The Morgan fingerprint density at radius 3 is 2.77 bits per heavy atom. The third-order valence-electron chi connectivity index (χ3n) is 2.33. The second-order valence-electron chi connectivity index (χ2n) is 3.81. The molecule has 0 aromatic rings. The van der Waals surface area contributed by atoms with Gasteiger partial charge in [0.1, 0.15) is 0 Å². The fraction of sp³-hybridized carbons (Fsp3) is 0.889. The molecule has 0 spiro atoms. The minimum Gasteiger partial charge on any atom is -0.481 e. The van der Waals surface area contributed by atoms with Gasteiger partial charge in [0.2, 0.25) is 0 Å². The van der Waals surface area contributed by atoms with E-state index in [2.05, 4.69) is 19.2 Å². The first-order chi connectivity index (χ1) is 6.09. The predicted molar refractivity (Wildman–Crippen MR) is 48.6 cm³/mol. The van der Waals surface area contributed by atoms with Crippen molar-refractivity contribution in [3.8, 4) is 0 Å². The summed E-state index contributed by atoms with van der Waals surface area (Å²) < 4.78 is 5.42. The van der Waals surface area contributed by atoms with Crippen molar-refractivity contribution in [1.29, 1.82) is 0 Å². The predicted octanol–water partition coefficient (Wildman–Crippen LogP) is 0.474. The fourth-order valence-electron chi connectivity index (χ4n) is 1.39. The molecular formula is C9H17NO3. The molecule has 1 rings (SSSR count). The molecular weight excluding hydrogens is 170 g/mol. The second kappa shape index (κ2) is 4.58. The molecule has 13 heavy (non-hydrogen) atoms. The van der Waals surface area contributed by atoms with E-state index in [9.17, 15) is 4.79 Å². The van der Waals surface area contributed by atoms with Gasteiger partial charge < -0.3 is 15.2 Å². The highest BCUT2D eigenvalue weighted by Gasteiger charge is 2.24. The van der Waals surface area contributed by atoms with Crippen molar-refractivity contribution in [3.63, 3.8) is 0 Å². The molecule has 0 saturated carbocycles. The van der Waals surface area contributed by atoms with Gasteiger partial charge in [0.25, 0.3) is 0 Å². The van der Waals surface area contributed by atoms with Crippen molar-refractivity contribution < 1.29 is 14.6 Å². The van der Waals surface area contributed by atoms with Crippen LogP contribution in [0.15, 0.2) is 0 Å². The Morgan fingerprint density at radius 2 is 2.38 bits per heavy atom. The van der Waals surface area contributed by atoms with Crippen LogP contribution < -0.4 is 5.32 Å². The average molecular weight is 187 g/mol. The summed E-state index contributed by atoms with van der Waals surface area (Å²) in [6.07, 6.45) is -0.0647. The van der Waals surface area contributed by atoms with Crippen molar-refractivity contribution in [3.05, 3.63) is 0 Å². The molecule has 0 aromatic carbocycles. The van der Waals surface area contributed by atoms with E-state index in [1.54, 1.807) is 0 Å². The number of hydrogen-bond acceptors (Lipinski definition) is 3. The molecule has 2 atom stereocenters. The van der Waals surface area contributed by atoms with Gasteiger partial charge in [-0.15, -0.1) is 0 Å². The summed E-state index contributed by atoms with van der Waals surface area (Å²) >= 11 is 0. The third-order valence-corrected chi connectivity index (χ3v) is 2.33. The summed E-state index contributed by atoms with van der Waals surface area (Å²) in [5, 5.41) is 11.8. The van der Waals surface area contributed by atoms with Gasteiger partial charge in [-0.2, -0.15) is 0 Å². The zero-order valence-corrected chi connectivity index (χ0v) is 8.12. The summed E-state index contributed by atoms with van der Waals surface area (Å²) in [5.74, 6) is -0.263. The van der Waals surface area contributed by atoms with Crippen LogP contribution in [0.1, 0.15) is 20.3 Å². The minimum absolute atomic E-state index is 0.0951. The van der Waals surface area contributed by atoms with Gasteiger partial charge in [0.05, 0.1) is 19.1 Å². The third kappa shape index (κ3) is 3.32. The summed E-state index contributed by atoms with van der Waals surface area (Å²) in [5.41, 5.74) is 0. The first kappa shape index (κ1) is 10.5. The zero-order chi connectivity index (χ0) is 9.84. The highest BCUT2D eigenvalue weighted by Crippen LogP contribution is 2.10. The van der Waals surface area contributed by atoms with Gasteiger partial charge in [0, 0.05) is 12.6 Å². The van der Waals surface area contributed by atoms with Crippen molar-refractivity contribution in [2.24, 2.45) is 5.92 Å². The number of carbonyl (C=O) groups is 1. The number of hydrogen-bond donors (Lipinski definition) is 2. The summed E-state index contributed by atoms with van der Waals surface area (Å²) in [6, 6.07) is 0.366. The molecule has 0 amide bonds. The standard InChI is InChI=1S/C9H17NO3/c1-6(2)8-5-13-7(4-10-8)3-9(11)12/h6-8,10H,3-5H2,1-2H3,(H,11,12). The molecule has 4 heteroatoms. The number of carboxylic acid groups (broad SMARTS) is 1. The van der Waals surface area contributed by atoms with Crippen molar-refractivity contribution in [2.45, 2.75) is 32.4 Å². The highest BCUT2D eigenvalue weighted by atomic mass is 16.5. The molecule has 1 saturated heterocycles. The van der Waals surface area contributed by atoms with Gasteiger partial charge in [0.15, 0.2) is 0 Å². The van der Waals surface area contributed by atoms with Crippen molar-refractivity contribution >= 4 is 5.97 Å². The number of carboxylic acids is 1. The van der Waals surface area contributed by atoms with Gasteiger partial charge >= 0.3 is 5.97 Å². The molecule has 2 N–H and O–H groups in total. The van der Waals surface area contributed by atoms with Crippen LogP contribution in [0, 0.1) is 5.92 Å². The van der Waals surface area contributed by atoms with E-state index in [1.165, 1.54) is 0 Å². The van der Waals surface area contributed by atoms with Crippen LogP contribution in [0.4, 0.5) is 0 Å². The minimum atomic E-state index is -0.796. The number of nitrogens with one attached hydrogen (secondary N) is 1. The molecule has 4 nitrogen and oxygen atoms in total. The summed E-state index contributed by atoms with van der Waals surface area (Å²) in [7, 11) is 0. The lowest BCUT2D eigenvalue weighted by Gasteiger charge is -2.31. The Bertz CT molecular complexity index is 174. The monoisotopic (exact) mass is 187 g/mol. The first-order valence-electron chi connectivity index (χ1n) is 4.66. The lowest BCUT2D eigenvalue weighted by atomic mass is 10.0. The fourth-order valence-corrected chi connectivity index (χ4v) is 1.39. The zero-order valence-electron chi connectivity index (χ0n) is 8.12. The van der Waals surface area contributed by atoms with E-state index in [1.807, 2.05) is 0 Å². The molecule has 1 aliphatic heterocycles. The Hall–Kier alpha value is -0.610. The van der Waals surface area contributed by atoms with E-state index >= 15 is 0 Å². The van der Waals surface area contributed by atoms with Crippen LogP contribution >= 0.6 is 0 Å². The number of ether oxygens (including phenoxy) is 1. The maximum atomic E-state index is 10.4. The highest BCUT2D eigenvalue weighted by molar-refractivity contribution is 5.67. The lowest BCUT2D eigenvalue weighted by Crippen LogP contribution is -2.49. The molecule has 2 unspecified atom stereocenters. The van der Waals surface area contributed by atoms with E-state index in [4.69, 9.17) is 9.84 Å². The summed E-state index contributed by atoms with van der Waals surface area (Å²) in [6.45, 7) is 5.52. The lowest BCUT2D eigenvalue weighted by molar-refractivity contribution is -0.141. The second-order valence-corrected chi connectivity index (χ2v) is 3.81. The van der Waals surface area contributed by atoms with Gasteiger partial charge in [-0.05, 0) is 5.92 Å². The molecule has 1 heterocycles. The molecule has 1 fully saturated rings. The van der Waals surface area contributed by atoms with Gasteiger partial charge in [-0.3, -0.25) is 4.79 Å². The largest absolute Gasteiger partial charge is 0.481 e. The topological polar surface area (TPSA) is 58.6 Å². The number of rotatable bonds is 3. The SMILES string of the molecule is CC(C)C1COC(CC(=O)O)CN1. The van der Waals surface area contributed by atoms with E-state index in [-0.39, 0.29) is 12.5 Å². The molecule has 0 aliphatic carbocycles. The number of morpholine rings is 1. The van der Waals surface area contributed by atoms with Crippen LogP contribution in [0.25, 0.3) is 0 Å². The molecule has 76 valence electrons. The molecule has 1 aliphatic rings. The van der Waals surface area contributed by atoms with Crippen molar-refractivity contribution in [1.82, 2.24) is 5.32 Å². The maximum Gasteiger partial charge on any atom is 0.306 e. The smallest absolute Gasteiger partial charge is 0.306 e. The Morgan fingerprint density at radius 1 is 1.69 bits per heavy atom. The van der Waals surface area contributed by atoms with Crippen LogP contribution in [0.2, 0.25) is 0 Å². The first-order valence-corrected chi connectivity index (χ1v) is 4.66. The average Bonchev–Trinajstić information content (AvgIpc) is 2.04. The van der Waals surface area contributed by atoms with E-state index in [0.717, 1.165) is 0 Å². The van der Waals surface area contributed by atoms with Crippen molar-refractivity contribution in [2.75, 3.05) is 13.2 Å².